The molecule has 0 unspecified atom stereocenters. The predicted octanol–water partition coefficient (Wildman–Crippen LogP) is 3.89. The molecule has 4 aliphatic rings. The van der Waals surface area contributed by atoms with Crippen LogP contribution in [0.1, 0.15) is 67.3 Å². The molecule has 0 radical (unpaired) electrons. The smallest absolute Gasteiger partial charge is 0.274 e. The van der Waals surface area contributed by atoms with Gasteiger partial charge in [0, 0.05) is 12.1 Å². The van der Waals surface area contributed by atoms with Crippen LogP contribution in [0.25, 0.3) is 0 Å². The van der Waals surface area contributed by atoms with E-state index in [-0.39, 0.29) is 0 Å². The highest BCUT2D eigenvalue weighted by molar-refractivity contribution is 5.93. The second-order valence-corrected chi connectivity index (χ2v) is 8.84. The summed E-state index contributed by atoms with van der Waals surface area (Å²) in [5.41, 5.74) is 4.00. The molecule has 0 spiro atoms. The summed E-state index contributed by atoms with van der Waals surface area (Å²) >= 11 is 0. The van der Waals surface area contributed by atoms with Gasteiger partial charge in [-0.05, 0) is 98.8 Å². The fourth-order valence-corrected chi connectivity index (χ4v) is 6.26. The standard InChI is InChI=1S/C21H30N2O2/c24-20(23-25)19-4-2-15(3-5-19)14-22-7-1-6-21-11-16-8-17(12-21)10-18(9-16)13-21/h2-5,16-18,22,25H,1,6-14H2,(H,23,24). The molecule has 4 aliphatic carbocycles. The van der Waals surface area contributed by atoms with Gasteiger partial charge in [-0.3, -0.25) is 10.0 Å². The fraction of sp³-hybridized carbons (Fsp3) is 0.667. The van der Waals surface area contributed by atoms with Crippen molar-refractivity contribution in [2.45, 2.75) is 57.9 Å². The summed E-state index contributed by atoms with van der Waals surface area (Å²) in [5.74, 6) is 2.69. The van der Waals surface area contributed by atoms with Gasteiger partial charge in [0.1, 0.15) is 0 Å². The molecule has 136 valence electrons. The van der Waals surface area contributed by atoms with Crippen molar-refractivity contribution in [3.63, 3.8) is 0 Å². The highest BCUT2D eigenvalue weighted by Gasteiger charge is 2.50. The highest BCUT2D eigenvalue weighted by atomic mass is 16.5. The molecule has 1 aromatic rings. The van der Waals surface area contributed by atoms with Gasteiger partial charge in [-0.2, -0.15) is 0 Å². The molecule has 4 bridgehead atoms. The molecule has 0 saturated heterocycles. The lowest BCUT2D eigenvalue weighted by molar-refractivity contribution is -0.0580. The monoisotopic (exact) mass is 342 g/mol. The molecule has 3 N–H and O–H groups in total. The Morgan fingerprint density at radius 1 is 1.04 bits per heavy atom. The predicted molar refractivity (Wildman–Crippen MR) is 97.2 cm³/mol. The summed E-state index contributed by atoms with van der Waals surface area (Å²) < 4.78 is 0. The summed E-state index contributed by atoms with van der Waals surface area (Å²) in [5, 5.41) is 12.2. The van der Waals surface area contributed by atoms with Crippen LogP contribution in [-0.4, -0.2) is 17.7 Å². The molecular weight excluding hydrogens is 312 g/mol. The third-order valence-electron chi connectivity index (χ3n) is 6.87. The van der Waals surface area contributed by atoms with Crippen LogP contribution in [0.5, 0.6) is 0 Å². The molecule has 0 aromatic heterocycles. The Morgan fingerprint density at radius 3 is 2.20 bits per heavy atom. The number of carbonyl (C=O) groups excluding carboxylic acids is 1. The molecule has 0 atom stereocenters. The summed E-state index contributed by atoms with van der Waals surface area (Å²) in [4.78, 5) is 11.3. The van der Waals surface area contributed by atoms with Crippen molar-refractivity contribution >= 4 is 5.91 Å². The number of benzene rings is 1. The van der Waals surface area contributed by atoms with E-state index in [0.29, 0.717) is 11.0 Å². The maximum atomic E-state index is 11.3. The van der Waals surface area contributed by atoms with Crippen molar-refractivity contribution in [3.05, 3.63) is 35.4 Å². The van der Waals surface area contributed by atoms with Crippen LogP contribution in [0, 0.1) is 23.2 Å². The molecule has 1 amide bonds. The Hall–Kier alpha value is -1.39. The number of rotatable bonds is 7. The zero-order valence-corrected chi connectivity index (χ0v) is 15.0. The number of hydroxylamine groups is 1. The first-order valence-electron chi connectivity index (χ1n) is 9.90. The number of hydrogen-bond donors (Lipinski definition) is 3. The Morgan fingerprint density at radius 2 is 1.64 bits per heavy atom. The van der Waals surface area contributed by atoms with Crippen LogP contribution in [0.15, 0.2) is 24.3 Å². The van der Waals surface area contributed by atoms with Crippen LogP contribution in [0.4, 0.5) is 0 Å². The van der Waals surface area contributed by atoms with E-state index in [4.69, 9.17) is 5.21 Å². The van der Waals surface area contributed by atoms with Crippen LogP contribution < -0.4 is 10.8 Å². The van der Waals surface area contributed by atoms with Crippen molar-refractivity contribution in [3.8, 4) is 0 Å². The average molecular weight is 342 g/mol. The van der Waals surface area contributed by atoms with E-state index in [1.165, 1.54) is 56.9 Å². The van der Waals surface area contributed by atoms with Crippen LogP contribution >= 0.6 is 0 Å². The van der Waals surface area contributed by atoms with E-state index in [1.807, 2.05) is 12.1 Å². The molecule has 25 heavy (non-hydrogen) atoms. The Balaban J connectivity index is 1.19. The largest absolute Gasteiger partial charge is 0.313 e. The van der Waals surface area contributed by atoms with E-state index in [1.54, 1.807) is 17.6 Å². The third-order valence-corrected chi connectivity index (χ3v) is 6.87. The summed E-state index contributed by atoms with van der Waals surface area (Å²) in [6.45, 7) is 1.91. The van der Waals surface area contributed by atoms with E-state index in [9.17, 15) is 4.79 Å². The lowest BCUT2D eigenvalue weighted by Gasteiger charge is -2.57. The minimum absolute atomic E-state index is 0.463. The lowest BCUT2D eigenvalue weighted by atomic mass is 9.48. The quantitative estimate of drug-likeness (QED) is 0.400. The first-order valence-corrected chi connectivity index (χ1v) is 9.90. The SMILES string of the molecule is O=C(NO)c1ccc(CNCCCC23CC4CC(CC(C4)C2)C3)cc1. The van der Waals surface area contributed by atoms with Gasteiger partial charge >= 0.3 is 0 Å². The van der Waals surface area contributed by atoms with Crippen LogP contribution in [-0.2, 0) is 6.54 Å². The molecular formula is C21H30N2O2. The molecule has 4 nitrogen and oxygen atoms in total. The van der Waals surface area contributed by atoms with Crippen molar-refractivity contribution in [2.24, 2.45) is 23.2 Å². The van der Waals surface area contributed by atoms with Gasteiger partial charge in [0.15, 0.2) is 0 Å². The van der Waals surface area contributed by atoms with Crippen LogP contribution in [0.3, 0.4) is 0 Å². The Kier molecular flexibility index (Phi) is 4.83. The zero-order valence-electron chi connectivity index (χ0n) is 15.0. The topological polar surface area (TPSA) is 61.4 Å². The second kappa shape index (κ2) is 7.08. The van der Waals surface area contributed by atoms with Gasteiger partial charge < -0.3 is 5.32 Å². The number of nitrogens with one attached hydrogen (secondary N) is 2. The molecule has 0 aliphatic heterocycles. The summed E-state index contributed by atoms with van der Waals surface area (Å²) in [6.07, 6.45) is 11.8. The first-order chi connectivity index (χ1) is 12.2. The maximum Gasteiger partial charge on any atom is 0.274 e. The third kappa shape index (κ3) is 3.75. The highest BCUT2D eigenvalue weighted by Crippen LogP contribution is 2.61. The summed E-state index contributed by atoms with van der Waals surface area (Å²) in [7, 11) is 0. The lowest BCUT2D eigenvalue weighted by Crippen LogP contribution is -2.46. The normalized spacial score (nSPS) is 32.8. The van der Waals surface area contributed by atoms with Crippen molar-refractivity contribution in [1.29, 1.82) is 0 Å². The van der Waals surface area contributed by atoms with Crippen molar-refractivity contribution in [2.75, 3.05) is 6.54 Å². The minimum atomic E-state index is -0.463. The van der Waals surface area contributed by atoms with Crippen molar-refractivity contribution in [1.82, 2.24) is 10.8 Å². The number of hydrogen-bond acceptors (Lipinski definition) is 3. The van der Waals surface area contributed by atoms with Gasteiger partial charge in [0.2, 0.25) is 0 Å². The van der Waals surface area contributed by atoms with Crippen molar-refractivity contribution < 1.29 is 10.0 Å². The number of amides is 1. The van der Waals surface area contributed by atoms with E-state index < -0.39 is 5.91 Å². The Bertz CT molecular complexity index is 576. The maximum absolute atomic E-state index is 11.3. The first kappa shape index (κ1) is 17.0. The minimum Gasteiger partial charge on any atom is -0.313 e. The van der Waals surface area contributed by atoms with Gasteiger partial charge in [-0.1, -0.05) is 12.1 Å². The van der Waals surface area contributed by atoms with E-state index in [2.05, 4.69) is 5.32 Å². The molecule has 4 fully saturated rings. The second-order valence-electron chi connectivity index (χ2n) is 8.84. The van der Waals surface area contributed by atoms with E-state index in [0.717, 1.165) is 30.8 Å². The fourth-order valence-electron chi connectivity index (χ4n) is 6.26. The van der Waals surface area contributed by atoms with E-state index >= 15 is 0 Å². The van der Waals surface area contributed by atoms with Gasteiger partial charge in [0.05, 0.1) is 0 Å². The zero-order chi connectivity index (χ0) is 17.3. The molecule has 1 aromatic carbocycles. The summed E-state index contributed by atoms with van der Waals surface area (Å²) in [6, 6.07) is 7.38. The molecule has 0 heterocycles. The Labute approximate surface area is 150 Å². The molecule has 4 heteroatoms. The molecule has 4 saturated carbocycles. The average Bonchev–Trinajstić information content (AvgIpc) is 2.60. The van der Waals surface area contributed by atoms with Gasteiger partial charge in [0.25, 0.3) is 5.91 Å². The van der Waals surface area contributed by atoms with Gasteiger partial charge in [-0.25, -0.2) is 5.48 Å². The van der Waals surface area contributed by atoms with Crippen LogP contribution in [0.2, 0.25) is 0 Å². The number of carbonyl (C=O) groups is 1. The van der Waals surface area contributed by atoms with Gasteiger partial charge in [-0.15, -0.1) is 0 Å². The molecule has 5 rings (SSSR count).